The van der Waals surface area contributed by atoms with E-state index in [2.05, 4.69) is 15.6 Å². The van der Waals surface area contributed by atoms with E-state index < -0.39 is 4.92 Å². The van der Waals surface area contributed by atoms with Crippen molar-refractivity contribution in [3.05, 3.63) is 86.1 Å². The Morgan fingerprint density at radius 3 is 2.46 bits per heavy atom. The number of nitro benzene ring substituents is 1. The molecule has 0 spiro atoms. The van der Waals surface area contributed by atoms with Gasteiger partial charge < -0.3 is 0 Å². The van der Waals surface area contributed by atoms with E-state index in [-0.39, 0.29) is 17.1 Å². The molecule has 0 radical (unpaired) electrons. The van der Waals surface area contributed by atoms with Crippen LogP contribution in [0, 0.1) is 22.9 Å². The number of nitrogens with zero attached hydrogens (tertiary/aromatic N) is 3. The fourth-order valence-electron chi connectivity index (χ4n) is 2.31. The van der Waals surface area contributed by atoms with E-state index in [1.807, 2.05) is 0 Å². The molecular weight excluding hydrogens is 341 g/mol. The predicted molar refractivity (Wildman–Crippen MR) is 95.4 cm³/mol. The molecule has 0 saturated heterocycles. The van der Waals surface area contributed by atoms with Crippen LogP contribution < -0.4 is 11.0 Å². The highest BCUT2D eigenvalue weighted by molar-refractivity contribution is 5.81. The van der Waals surface area contributed by atoms with Crippen molar-refractivity contribution in [3.63, 3.8) is 0 Å². The summed E-state index contributed by atoms with van der Waals surface area (Å²) >= 11 is 0. The normalized spacial score (nSPS) is 11.0. The van der Waals surface area contributed by atoms with E-state index in [1.54, 1.807) is 6.92 Å². The molecule has 0 saturated carbocycles. The second-order valence-electron chi connectivity index (χ2n) is 5.44. The summed E-state index contributed by atoms with van der Waals surface area (Å²) < 4.78 is 14.1. The van der Waals surface area contributed by atoms with Crippen LogP contribution in [0.1, 0.15) is 11.3 Å². The molecule has 0 bridgehead atoms. The van der Waals surface area contributed by atoms with Gasteiger partial charge in [0.05, 0.1) is 28.1 Å². The first-order valence-corrected chi connectivity index (χ1v) is 7.57. The zero-order valence-corrected chi connectivity index (χ0v) is 13.6. The van der Waals surface area contributed by atoms with Crippen molar-refractivity contribution in [3.8, 4) is 5.69 Å². The molecule has 0 aliphatic rings. The molecule has 2 N–H and O–H groups in total. The van der Waals surface area contributed by atoms with Crippen LogP contribution in [-0.2, 0) is 0 Å². The molecule has 1 heterocycles. The first kappa shape index (κ1) is 17.1. The minimum Gasteiger partial charge on any atom is -0.295 e. The van der Waals surface area contributed by atoms with Gasteiger partial charge in [0.1, 0.15) is 5.82 Å². The lowest BCUT2D eigenvalue weighted by molar-refractivity contribution is -0.384. The quantitative estimate of drug-likeness (QED) is 0.417. The van der Waals surface area contributed by atoms with Crippen molar-refractivity contribution in [1.29, 1.82) is 0 Å². The summed E-state index contributed by atoms with van der Waals surface area (Å²) in [5.41, 5.74) is 4.26. The third-order valence-electron chi connectivity index (χ3n) is 3.67. The largest absolute Gasteiger partial charge is 0.295 e. The molecule has 0 unspecified atom stereocenters. The van der Waals surface area contributed by atoms with Crippen LogP contribution in [0.15, 0.2) is 58.4 Å². The van der Waals surface area contributed by atoms with Crippen molar-refractivity contribution in [2.24, 2.45) is 5.10 Å². The maximum atomic E-state index is 12.9. The van der Waals surface area contributed by atoms with Crippen molar-refractivity contribution < 1.29 is 9.31 Å². The maximum Gasteiger partial charge on any atom is 0.280 e. The number of benzene rings is 2. The number of hydrogen-bond donors (Lipinski definition) is 2. The van der Waals surface area contributed by atoms with Crippen LogP contribution in [0.4, 0.5) is 15.8 Å². The SMILES string of the molecule is Cc1[nH]n(-c2ccc([N+](=O)[O-])cc2)c(=O)c1C=NNc1ccc(F)cc1. The molecule has 3 aromatic rings. The van der Waals surface area contributed by atoms with E-state index in [9.17, 15) is 19.3 Å². The van der Waals surface area contributed by atoms with Gasteiger partial charge in [0.25, 0.3) is 11.2 Å². The minimum atomic E-state index is -0.508. The smallest absolute Gasteiger partial charge is 0.280 e. The molecule has 8 nitrogen and oxygen atoms in total. The number of non-ortho nitro benzene ring substituents is 1. The summed E-state index contributed by atoms with van der Waals surface area (Å²) in [6.07, 6.45) is 1.36. The summed E-state index contributed by atoms with van der Waals surface area (Å²) in [5, 5.41) is 17.6. The molecule has 26 heavy (non-hydrogen) atoms. The highest BCUT2D eigenvalue weighted by Crippen LogP contribution is 2.14. The Kier molecular flexibility index (Phi) is 4.61. The van der Waals surface area contributed by atoms with Crippen LogP contribution in [0.25, 0.3) is 5.69 Å². The standard InChI is InChI=1S/C17H14FN5O3/c1-11-16(10-19-20-13-4-2-12(18)3-5-13)17(24)22(21-11)14-6-8-15(9-7-14)23(25)26/h2-10,20-21H,1H3. The molecule has 0 atom stereocenters. The second kappa shape index (κ2) is 7.01. The van der Waals surface area contributed by atoms with Gasteiger partial charge in [-0.3, -0.25) is 25.4 Å². The van der Waals surface area contributed by atoms with Crippen LogP contribution in [-0.4, -0.2) is 20.9 Å². The van der Waals surface area contributed by atoms with Crippen molar-refractivity contribution >= 4 is 17.6 Å². The summed E-state index contributed by atoms with van der Waals surface area (Å²) in [4.78, 5) is 22.7. The number of aromatic amines is 1. The van der Waals surface area contributed by atoms with Crippen molar-refractivity contribution in [1.82, 2.24) is 9.78 Å². The first-order valence-electron chi connectivity index (χ1n) is 7.57. The number of nitro groups is 1. The fourth-order valence-corrected chi connectivity index (χ4v) is 2.31. The highest BCUT2D eigenvalue weighted by Gasteiger charge is 2.12. The summed E-state index contributed by atoms with van der Waals surface area (Å²) in [5.74, 6) is -0.355. The highest BCUT2D eigenvalue weighted by atomic mass is 19.1. The van der Waals surface area contributed by atoms with Gasteiger partial charge in [0.15, 0.2) is 0 Å². The Bertz CT molecular complexity index is 1020. The minimum absolute atomic E-state index is 0.0599. The van der Waals surface area contributed by atoms with Gasteiger partial charge >= 0.3 is 0 Å². The van der Waals surface area contributed by atoms with Gasteiger partial charge in [-0.05, 0) is 43.3 Å². The van der Waals surface area contributed by atoms with Gasteiger partial charge in [-0.25, -0.2) is 9.07 Å². The van der Waals surface area contributed by atoms with E-state index in [1.165, 1.54) is 59.4 Å². The Morgan fingerprint density at radius 1 is 1.19 bits per heavy atom. The van der Waals surface area contributed by atoms with Crippen molar-refractivity contribution in [2.45, 2.75) is 6.92 Å². The van der Waals surface area contributed by atoms with Crippen molar-refractivity contribution in [2.75, 3.05) is 5.43 Å². The molecule has 132 valence electrons. The van der Waals surface area contributed by atoms with Crippen LogP contribution in [0.5, 0.6) is 0 Å². The molecule has 0 fully saturated rings. The number of aryl methyl sites for hydroxylation is 1. The van der Waals surface area contributed by atoms with E-state index in [4.69, 9.17) is 0 Å². The lowest BCUT2D eigenvalue weighted by Gasteiger charge is -2.00. The topological polar surface area (TPSA) is 105 Å². The third kappa shape index (κ3) is 3.51. The fraction of sp³-hybridized carbons (Fsp3) is 0.0588. The number of H-pyrrole nitrogens is 1. The second-order valence-corrected chi connectivity index (χ2v) is 5.44. The predicted octanol–water partition coefficient (Wildman–Crippen LogP) is 2.97. The van der Waals surface area contributed by atoms with Gasteiger partial charge in [-0.1, -0.05) is 0 Å². The van der Waals surface area contributed by atoms with Gasteiger partial charge in [0.2, 0.25) is 0 Å². The molecule has 2 aromatic carbocycles. The number of hydrazone groups is 1. The van der Waals surface area contributed by atoms with E-state index in [0.29, 0.717) is 22.6 Å². The molecule has 9 heteroatoms. The van der Waals surface area contributed by atoms with Gasteiger partial charge in [0, 0.05) is 17.8 Å². The first-order chi connectivity index (χ1) is 12.5. The Hall–Kier alpha value is -3.75. The zero-order chi connectivity index (χ0) is 18.7. The molecule has 1 aromatic heterocycles. The van der Waals surface area contributed by atoms with E-state index >= 15 is 0 Å². The number of anilines is 1. The Balaban J connectivity index is 1.83. The molecule has 0 aliphatic heterocycles. The number of rotatable bonds is 5. The molecule has 0 aliphatic carbocycles. The number of nitrogens with one attached hydrogen (secondary N) is 2. The molecule has 0 amide bonds. The van der Waals surface area contributed by atoms with Crippen LogP contribution in [0.3, 0.4) is 0 Å². The maximum absolute atomic E-state index is 12.9. The number of halogens is 1. The number of aromatic nitrogens is 2. The van der Waals surface area contributed by atoms with Gasteiger partial charge in [-0.2, -0.15) is 5.10 Å². The van der Waals surface area contributed by atoms with Crippen LogP contribution in [0.2, 0.25) is 0 Å². The average Bonchev–Trinajstić information content (AvgIpc) is 2.91. The number of hydrogen-bond acceptors (Lipinski definition) is 5. The van der Waals surface area contributed by atoms with Gasteiger partial charge in [-0.15, -0.1) is 0 Å². The monoisotopic (exact) mass is 355 g/mol. The molecular formula is C17H14FN5O3. The summed E-state index contributed by atoms with van der Waals surface area (Å²) in [6.45, 7) is 1.71. The van der Waals surface area contributed by atoms with E-state index in [0.717, 1.165) is 0 Å². The molecule has 3 rings (SSSR count). The lowest BCUT2D eigenvalue weighted by Crippen LogP contribution is -2.17. The summed E-state index contributed by atoms with van der Waals surface area (Å²) in [7, 11) is 0. The Labute approximate surface area is 146 Å². The lowest BCUT2D eigenvalue weighted by atomic mass is 10.2. The van der Waals surface area contributed by atoms with Crippen LogP contribution >= 0.6 is 0 Å². The average molecular weight is 355 g/mol. The summed E-state index contributed by atoms with van der Waals surface area (Å²) in [6, 6.07) is 11.2. The third-order valence-corrected chi connectivity index (χ3v) is 3.67. The zero-order valence-electron chi connectivity index (χ0n) is 13.6. The Morgan fingerprint density at radius 2 is 1.85 bits per heavy atom.